The Morgan fingerprint density at radius 2 is 1.93 bits per heavy atom. The molecule has 0 unspecified atom stereocenters. The maximum absolute atomic E-state index is 13.7. The minimum Gasteiger partial charge on any atom is -0.506 e. The molecule has 40 heavy (non-hydrogen) atoms. The standard InChI is InChI=1S/C29H33N5O6/c1-15(2)25(30)27(36)31-8-10-40-17-6-7-20-16(11-17)12-21(32-20)28(37)34-9-4-5-18-19-13-22(29(38)39-3)33-26(19)24(35)14-23(18)34/h6-7,11-15,25,32-33,35H,4-5,8-10,30H2,1-3H3,(H,31,36)/t25-/m0/s1. The lowest BCUT2D eigenvalue weighted by atomic mass is 9.97. The second-order valence-corrected chi connectivity index (χ2v) is 10.3. The van der Waals surface area contributed by atoms with Crippen LogP contribution in [0.3, 0.4) is 0 Å². The third-order valence-electron chi connectivity index (χ3n) is 7.24. The van der Waals surface area contributed by atoms with Crippen molar-refractivity contribution in [2.45, 2.75) is 32.7 Å². The highest BCUT2D eigenvalue weighted by Crippen LogP contribution is 2.40. The number of nitrogens with two attached hydrogens (primary N) is 1. The molecule has 1 aliphatic heterocycles. The molecule has 2 amide bonds. The molecule has 11 nitrogen and oxygen atoms in total. The van der Waals surface area contributed by atoms with E-state index >= 15 is 0 Å². The molecule has 6 N–H and O–H groups in total. The molecule has 5 rings (SSSR count). The highest BCUT2D eigenvalue weighted by Gasteiger charge is 2.28. The smallest absolute Gasteiger partial charge is 0.354 e. The van der Waals surface area contributed by atoms with Crippen molar-refractivity contribution >= 4 is 45.3 Å². The number of nitrogens with zero attached hydrogens (tertiary/aromatic N) is 1. The van der Waals surface area contributed by atoms with Crippen molar-refractivity contribution in [1.82, 2.24) is 15.3 Å². The van der Waals surface area contributed by atoms with E-state index in [1.807, 2.05) is 26.0 Å². The highest BCUT2D eigenvalue weighted by atomic mass is 16.5. The number of anilines is 1. The number of aromatic nitrogens is 2. The number of carbonyl (C=O) groups excluding carboxylic acids is 3. The van der Waals surface area contributed by atoms with Gasteiger partial charge in [-0.15, -0.1) is 0 Å². The molecule has 4 aromatic rings. The second kappa shape index (κ2) is 10.9. The van der Waals surface area contributed by atoms with Gasteiger partial charge in [-0.05, 0) is 54.7 Å². The van der Waals surface area contributed by atoms with Crippen LogP contribution in [0.1, 0.15) is 46.8 Å². The zero-order valence-electron chi connectivity index (χ0n) is 22.7. The minimum absolute atomic E-state index is 0.0482. The summed E-state index contributed by atoms with van der Waals surface area (Å²) in [5.41, 5.74) is 9.20. The van der Waals surface area contributed by atoms with E-state index in [9.17, 15) is 19.5 Å². The number of nitrogens with one attached hydrogen (secondary N) is 3. The van der Waals surface area contributed by atoms with Crippen molar-refractivity contribution in [2.75, 3.05) is 31.7 Å². The minimum atomic E-state index is -0.561. The van der Waals surface area contributed by atoms with Crippen molar-refractivity contribution < 1.29 is 29.0 Å². The molecule has 0 bridgehead atoms. The molecular formula is C29H33N5O6. The van der Waals surface area contributed by atoms with Crippen molar-refractivity contribution in [1.29, 1.82) is 0 Å². The maximum atomic E-state index is 13.7. The number of aromatic amines is 2. The van der Waals surface area contributed by atoms with Crippen molar-refractivity contribution in [3.05, 3.63) is 53.3 Å². The van der Waals surface area contributed by atoms with E-state index in [0.717, 1.165) is 22.9 Å². The number of aromatic hydroxyl groups is 1. The van der Waals surface area contributed by atoms with E-state index in [4.69, 9.17) is 15.2 Å². The summed E-state index contributed by atoms with van der Waals surface area (Å²) < 4.78 is 10.6. The summed E-state index contributed by atoms with van der Waals surface area (Å²) in [6.45, 7) is 4.87. The summed E-state index contributed by atoms with van der Waals surface area (Å²) in [7, 11) is 1.30. The van der Waals surface area contributed by atoms with Gasteiger partial charge in [0.1, 0.15) is 29.5 Å². The zero-order chi connectivity index (χ0) is 28.6. The Morgan fingerprint density at radius 3 is 2.67 bits per heavy atom. The Hall–Kier alpha value is -4.51. The van der Waals surface area contributed by atoms with Gasteiger partial charge in [-0.2, -0.15) is 0 Å². The molecule has 2 aromatic heterocycles. The van der Waals surface area contributed by atoms with E-state index in [0.29, 0.717) is 47.5 Å². The molecular weight excluding hydrogens is 514 g/mol. The number of carbonyl (C=O) groups is 3. The number of phenols is 1. The molecule has 11 heteroatoms. The number of fused-ring (bicyclic) bond motifs is 4. The fourth-order valence-electron chi connectivity index (χ4n) is 5.02. The van der Waals surface area contributed by atoms with Crippen molar-refractivity contribution in [2.24, 2.45) is 11.7 Å². The van der Waals surface area contributed by atoms with E-state index in [-0.39, 0.29) is 35.8 Å². The van der Waals surface area contributed by atoms with E-state index in [1.165, 1.54) is 7.11 Å². The summed E-state index contributed by atoms with van der Waals surface area (Å²) in [4.78, 5) is 45.5. The first-order chi connectivity index (χ1) is 19.2. The lowest BCUT2D eigenvalue weighted by Crippen LogP contribution is -2.45. The third-order valence-corrected chi connectivity index (χ3v) is 7.24. The quantitative estimate of drug-likeness (QED) is 0.167. The molecule has 0 saturated heterocycles. The summed E-state index contributed by atoms with van der Waals surface area (Å²) in [5, 5.41) is 15.0. The van der Waals surface area contributed by atoms with Gasteiger partial charge in [0.05, 0.1) is 30.9 Å². The Balaban J connectivity index is 1.33. The first-order valence-electron chi connectivity index (χ1n) is 13.2. The van der Waals surface area contributed by atoms with Crippen LogP contribution in [0.5, 0.6) is 11.5 Å². The molecule has 0 fully saturated rings. The monoisotopic (exact) mass is 547 g/mol. The summed E-state index contributed by atoms with van der Waals surface area (Å²) in [5.74, 6) is -0.369. The van der Waals surface area contributed by atoms with E-state index < -0.39 is 12.0 Å². The third kappa shape index (κ3) is 5.07. The van der Waals surface area contributed by atoms with Crippen LogP contribution in [0.15, 0.2) is 36.4 Å². The first kappa shape index (κ1) is 27.1. The Morgan fingerprint density at radius 1 is 1.12 bits per heavy atom. The van der Waals surface area contributed by atoms with Gasteiger partial charge in [-0.1, -0.05) is 13.8 Å². The normalized spacial score (nSPS) is 13.9. The molecule has 1 atom stereocenters. The number of H-pyrrole nitrogens is 2. The fourth-order valence-corrected chi connectivity index (χ4v) is 5.02. The van der Waals surface area contributed by atoms with Crippen molar-refractivity contribution in [3.63, 3.8) is 0 Å². The molecule has 0 aliphatic carbocycles. The van der Waals surface area contributed by atoms with Gasteiger partial charge in [-0.25, -0.2) is 4.79 Å². The number of amides is 2. The zero-order valence-corrected chi connectivity index (χ0v) is 22.7. The van der Waals surface area contributed by atoms with Gasteiger partial charge in [0.2, 0.25) is 5.91 Å². The lowest BCUT2D eigenvalue weighted by molar-refractivity contribution is -0.123. The largest absolute Gasteiger partial charge is 0.506 e. The van der Waals surface area contributed by atoms with Crippen LogP contribution in [0.25, 0.3) is 21.8 Å². The fraction of sp³-hybridized carbons (Fsp3) is 0.345. The molecule has 0 radical (unpaired) electrons. The number of phenolic OH excluding ortho intramolecular Hbond substituents is 1. The number of aryl methyl sites for hydroxylation is 1. The summed E-state index contributed by atoms with van der Waals surface area (Å²) in [6.07, 6.45) is 1.43. The van der Waals surface area contributed by atoms with Crippen LogP contribution in [0.4, 0.5) is 5.69 Å². The Bertz CT molecular complexity index is 1600. The molecule has 210 valence electrons. The van der Waals surface area contributed by atoms with E-state index in [2.05, 4.69) is 15.3 Å². The van der Waals surface area contributed by atoms with Crippen LogP contribution in [0.2, 0.25) is 0 Å². The molecule has 1 aliphatic rings. The average molecular weight is 548 g/mol. The van der Waals surface area contributed by atoms with Gasteiger partial charge in [0.15, 0.2) is 0 Å². The number of ether oxygens (including phenoxy) is 2. The van der Waals surface area contributed by atoms with E-state index in [1.54, 1.807) is 29.2 Å². The maximum Gasteiger partial charge on any atom is 0.354 e. The number of benzene rings is 2. The van der Waals surface area contributed by atoms with Crippen LogP contribution in [0, 0.1) is 5.92 Å². The number of esters is 1. The SMILES string of the molecule is COC(=O)c1cc2c3c(cc(O)c2[nH]1)N(C(=O)c1cc2cc(OCCNC(=O)[C@@H](N)C(C)C)ccc2[nH]1)CCC3. The highest BCUT2D eigenvalue weighted by molar-refractivity contribution is 6.10. The number of hydrogen-bond donors (Lipinski definition) is 5. The van der Waals surface area contributed by atoms with Crippen LogP contribution >= 0.6 is 0 Å². The van der Waals surface area contributed by atoms with Gasteiger partial charge in [-0.3, -0.25) is 9.59 Å². The predicted molar refractivity (Wildman–Crippen MR) is 151 cm³/mol. The lowest BCUT2D eigenvalue weighted by Gasteiger charge is -2.30. The Labute approximate surface area is 230 Å². The predicted octanol–water partition coefficient (Wildman–Crippen LogP) is 3.21. The number of rotatable bonds is 8. The molecule has 2 aromatic carbocycles. The van der Waals surface area contributed by atoms with Gasteiger partial charge < -0.3 is 40.5 Å². The van der Waals surface area contributed by atoms with Gasteiger partial charge in [0, 0.05) is 28.9 Å². The number of hydrogen-bond acceptors (Lipinski definition) is 7. The summed E-state index contributed by atoms with van der Waals surface area (Å²) in [6, 6.07) is 9.89. The first-order valence-corrected chi connectivity index (χ1v) is 13.2. The summed E-state index contributed by atoms with van der Waals surface area (Å²) >= 11 is 0. The van der Waals surface area contributed by atoms with Crippen LogP contribution in [-0.4, -0.2) is 65.7 Å². The number of methoxy groups -OCH3 is 1. The van der Waals surface area contributed by atoms with Crippen molar-refractivity contribution in [3.8, 4) is 11.5 Å². The molecule has 0 saturated carbocycles. The van der Waals surface area contributed by atoms with Gasteiger partial charge in [0.25, 0.3) is 5.91 Å². The molecule has 0 spiro atoms. The van der Waals surface area contributed by atoms with Crippen LogP contribution < -0.4 is 20.7 Å². The topological polar surface area (TPSA) is 163 Å². The van der Waals surface area contributed by atoms with Gasteiger partial charge >= 0.3 is 5.97 Å². The average Bonchev–Trinajstić information content (AvgIpc) is 3.59. The van der Waals surface area contributed by atoms with Crippen LogP contribution in [-0.2, 0) is 16.0 Å². The molecule has 3 heterocycles. The second-order valence-electron chi connectivity index (χ2n) is 10.3. The Kier molecular flexibility index (Phi) is 7.40.